The fourth-order valence-electron chi connectivity index (χ4n) is 3.09. The van der Waals surface area contributed by atoms with Gasteiger partial charge in [-0.25, -0.2) is 4.68 Å². The van der Waals surface area contributed by atoms with Crippen molar-refractivity contribution in [1.29, 1.82) is 0 Å². The molecule has 3 aromatic rings. The molecule has 1 amide bonds. The third kappa shape index (κ3) is 5.21. The molecule has 0 atom stereocenters. The molecule has 2 aromatic carbocycles. The number of nitrogens with one attached hydrogen (secondary N) is 1. The summed E-state index contributed by atoms with van der Waals surface area (Å²) in [5, 5.41) is 5.88. The number of amides is 1. The molecule has 3 rings (SSSR count). The molecule has 1 aromatic heterocycles. The van der Waals surface area contributed by atoms with Crippen molar-refractivity contribution in [3.05, 3.63) is 71.0 Å². The van der Waals surface area contributed by atoms with Crippen LogP contribution in [0, 0.1) is 0 Å². The molecule has 0 bridgehead atoms. The molecule has 0 aliphatic rings. The Morgan fingerprint density at radius 1 is 1.00 bits per heavy atom. The molecule has 176 valence electrons. The first-order valence-corrected chi connectivity index (χ1v) is 9.27. The quantitative estimate of drug-likeness (QED) is 0.520. The molecule has 12 heteroatoms. The molecular weight excluding hydrogens is 456 g/mol. The Morgan fingerprint density at radius 3 is 2.33 bits per heavy atom. The van der Waals surface area contributed by atoms with Crippen LogP contribution in [0.2, 0.25) is 0 Å². The van der Waals surface area contributed by atoms with Crippen LogP contribution < -0.4 is 14.8 Å². The number of halogens is 6. The molecular formula is C21H17F6N3O3. The maximum Gasteiger partial charge on any atom is 0.434 e. The summed E-state index contributed by atoms with van der Waals surface area (Å²) >= 11 is 0. The topological polar surface area (TPSA) is 65.4 Å². The minimum Gasteiger partial charge on any atom is -0.497 e. The van der Waals surface area contributed by atoms with Gasteiger partial charge in [0.15, 0.2) is 5.69 Å². The van der Waals surface area contributed by atoms with Gasteiger partial charge in [0, 0.05) is 12.1 Å². The summed E-state index contributed by atoms with van der Waals surface area (Å²) in [5.41, 5.74) is -3.56. The SMILES string of the molecule is COc1ccc(OC)c(CNC(=O)c2cnn(-c3cccc(C(F)(F)F)c3)c2C(F)(F)F)c1. The van der Waals surface area contributed by atoms with Crippen LogP contribution in [0.3, 0.4) is 0 Å². The monoisotopic (exact) mass is 473 g/mol. The summed E-state index contributed by atoms with van der Waals surface area (Å²) in [7, 11) is 2.80. The van der Waals surface area contributed by atoms with E-state index in [1.807, 2.05) is 0 Å². The molecule has 0 saturated carbocycles. The van der Waals surface area contributed by atoms with Gasteiger partial charge in [0.1, 0.15) is 11.5 Å². The predicted octanol–water partition coefficient (Wildman–Crippen LogP) is 4.86. The van der Waals surface area contributed by atoms with E-state index >= 15 is 0 Å². The first-order chi connectivity index (χ1) is 15.5. The van der Waals surface area contributed by atoms with Crippen LogP contribution in [-0.4, -0.2) is 29.9 Å². The molecule has 0 aliphatic heterocycles. The van der Waals surface area contributed by atoms with Crippen molar-refractivity contribution >= 4 is 5.91 Å². The van der Waals surface area contributed by atoms with Crippen LogP contribution >= 0.6 is 0 Å². The lowest BCUT2D eigenvalue weighted by atomic mass is 10.1. The molecule has 1 heterocycles. The highest BCUT2D eigenvalue weighted by molar-refractivity contribution is 5.95. The van der Waals surface area contributed by atoms with Gasteiger partial charge in [-0.05, 0) is 36.4 Å². The number of carbonyl (C=O) groups excluding carboxylic acids is 1. The Balaban J connectivity index is 1.95. The maximum absolute atomic E-state index is 13.8. The smallest absolute Gasteiger partial charge is 0.434 e. The maximum atomic E-state index is 13.8. The molecule has 0 spiro atoms. The van der Waals surface area contributed by atoms with Crippen LogP contribution in [0.25, 0.3) is 5.69 Å². The number of methoxy groups -OCH3 is 2. The van der Waals surface area contributed by atoms with E-state index in [1.165, 1.54) is 20.3 Å². The first kappa shape index (κ1) is 24.0. The number of alkyl halides is 6. The van der Waals surface area contributed by atoms with E-state index in [0.717, 1.165) is 18.2 Å². The Bertz CT molecular complexity index is 1150. The van der Waals surface area contributed by atoms with Crippen molar-refractivity contribution in [2.45, 2.75) is 18.9 Å². The second kappa shape index (κ2) is 9.04. The van der Waals surface area contributed by atoms with Crippen molar-refractivity contribution in [2.24, 2.45) is 0 Å². The first-order valence-electron chi connectivity index (χ1n) is 9.27. The van der Waals surface area contributed by atoms with Crippen molar-refractivity contribution in [3.63, 3.8) is 0 Å². The van der Waals surface area contributed by atoms with Gasteiger partial charge in [-0.1, -0.05) is 6.07 Å². The lowest BCUT2D eigenvalue weighted by Gasteiger charge is -2.15. The summed E-state index contributed by atoms with van der Waals surface area (Å²) in [6.45, 7) is -0.203. The average molecular weight is 473 g/mol. The van der Waals surface area contributed by atoms with E-state index in [4.69, 9.17) is 9.47 Å². The van der Waals surface area contributed by atoms with E-state index in [2.05, 4.69) is 10.4 Å². The number of hydrogen-bond acceptors (Lipinski definition) is 4. The molecule has 0 saturated heterocycles. The van der Waals surface area contributed by atoms with E-state index in [-0.39, 0.29) is 11.2 Å². The Morgan fingerprint density at radius 2 is 1.73 bits per heavy atom. The fourth-order valence-corrected chi connectivity index (χ4v) is 3.09. The lowest BCUT2D eigenvalue weighted by molar-refractivity contribution is -0.143. The van der Waals surface area contributed by atoms with Crippen molar-refractivity contribution in [2.75, 3.05) is 14.2 Å². The standard InChI is InChI=1S/C21H17F6N3O3/c1-32-15-6-7-17(33-2)12(8-15)10-28-19(31)16-11-29-30(18(16)21(25,26)27)14-5-3-4-13(9-14)20(22,23)24/h3-9,11H,10H2,1-2H3,(H,28,31). The highest BCUT2D eigenvalue weighted by Gasteiger charge is 2.41. The molecule has 33 heavy (non-hydrogen) atoms. The molecule has 0 unspecified atom stereocenters. The van der Waals surface area contributed by atoms with Crippen LogP contribution in [0.15, 0.2) is 48.7 Å². The number of ether oxygens (including phenoxy) is 2. The van der Waals surface area contributed by atoms with E-state index < -0.39 is 40.8 Å². The van der Waals surface area contributed by atoms with Crippen LogP contribution in [0.4, 0.5) is 26.3 Å². The van der Waals surface area contributed by atoms with Gasteiger partial charge in [0.05, 0.1) is 37.2 Å². The van der Waals surface area contributed by atoms with Crippen molar-refractivity contribution in [1.82, 2.24) is 15.1 Å². The van der Waals surface area contributed by atoms with Crippen LogP contribution in [0.5, 0.6) is 11.5 Å². The zero-order valence-corrected chi connectivity index (χ0v) is 17.2. The van der Waals surface area contributed by atoms with E-state index in [1.54, 1.807) is 12.1 Å². The summed E-state index contributed by atoms with van der Waals surface area (Å²) in [6, 6.07) is 7.92. The zero-order valence-electron chi connectivity index (χ0n) is 17.2. The third-order valence-electron chi connectivity index (χ3n) is 4.63. The van der Waals surface area contributed by atoms with Gasteiger partial charge >= 0.3 is 12.4 Å². The predicted molar refractivity (Wildman–Crippen MR) is 104 cm³/mol. The third-order valence-corrected chi connectivity index (χ3v) is 4.63. The van der Waals surface area contributed by atoms with Gasteiger partial charge in [-0.15, -0.1) is 0 Å². The number of aromatic nitrogens is 2. The minimum atomic E-state index is -5.08. The number of benzene rings is 2. The van der Waals surface area contributed by atoms with Crippen LogP contribution in [0.1, 0.15) is 27.2 Å². The van der Waals surface area contributed by atoms with Gasteiger partial charge in [0.25, 0.3) is 5.91 Å². The highest BCUT2D eigenvalue weighted by Crippen LogP contribution is 2.35. The second-order valence-electron chi connectivity index (χ2n) is 6.72. The van der Waals surface area contributed by atoms with E-state index in [0.29, 0.717) is 29.3 Å². The molecule has 6 nitrogen and oxygen atoms in total. The summed E-state index contributed by atoms with van der Waals surface area (Å²) < 4.78 is 90.9. The minimum absolute atomic E-state index is 0.203. The second-order valence-corrected chi connectivity index (χ2v) is 6.72. The number of rotatable bonds is 6. The molecule has 0 radical (unpaired) electrons. The summed E-state index contributed by atoms with van der Waals surface area (Å²) in [4.78, 5) is 12.6. The van der Waals surface area contributed by atoms with Crippen molar-refractivity contribution < 1.29 is 40.6 Å². The number of nitrogens with zero attached hydrogens (tertiary/aromatic N) is 2. The molecule has 0 fully saturated rings. The van der Waals surface area contributed by atoms with Gasteiger partial charge < -0.3 is 14.8 Å². The van der Waals surface area contributed by atoms with Gasteiger partial charge in [-0.3, -0.25) is 4.79 Å². The highest BCUT2D eigenvalue weighted by atomic mass is 19.4. The van der Waals surface area contributed by atoms with Gasteiger partial charge in [0.2, 0.25) is 0 Å². The number of hydrogen-bond donors (Lipinski definition) is 1. The normalized spacial score (nSPS) is 11.9. The fraction of sp³-hybridized carbons (Fsp3) is 0.238. The lowest BCUT2D eigenvalue weighted by Crippen LogP contribution is -2.26. The number of carbonyl (C=O) groups is 1. The zero-order chi connectivity index (χ0) is 24.4. The Hall–Kier alpha value is -3.70. The van der Waals surface area contributed by atoms with Crippen LogP contribution in [-0.2, 0) is 18.9 Å². The Labute approximate surface area is 183 Å². The van der Waals surface area contributed by atoms with Gasteiger partial charge in [-0.2, -0.15) is 31.4 Å². The molecule has 1 N–H and O–H groups in total. The van der Waals surface area contributed by atoms with Crippen molar-refractivity contribution in [3.8, 4) is 17.2 Å². The Kier molecular flexibility index (Phi) is 6.56. The van der Waals surface area contributed by atoms with E-state index in [9.17, 15) is 31.1 Å². The molecule has 0 aliphatic carbocycles. The largest absolute Gasteiger partial charge is 0.497 e. The summed E-state index contributed by atoms with van der Waals surface area (Å²) in [6.07, 6.45) is -9.19. The summed E-state index contributed by atoms with van der Waals surface area (Å²) in [5.74, 6) is -0.314. The average Bonchev–Trinajstić information content (AvgIpc) is 3.23.